The van der Waals surface area contributed by atoms with Crippen molar-refractivity contribution in [2.24, 2.45) is 0 Å². The summed E-state index contributed by atoms with van der Waals surface area (Å²) in [5, 5.41) is 2.83. The molecule has 3 nitrogen and oxygen atoms in total. The molecule has 0 bridgehead atoms. The van der Waals surface area contributed by atoms with Crippen molar-refractivity contribution < 1.29 is 9.53 Å². The molecule has 0 aliphatic carbocycles. The van der Waals surface area contributed by atoms with Gasteiger partial charge in [-0.1, -0.05) is 18.2 Å². The molecule has 4 heteroatoms. The van der Waals surface area contributed by atoms with Gasteiger partial charge in [0.05, 0.1) is 6.54 Å². The first-order chi connectivity index (χ1) is 8.74. The van der Waals surface area contributed by atoms with Gasteiger partial charge in [-0.2, -0.15) is 0 Å². The van der Waals surface area contributed by atoms with Gasteiger partial charge in [-0.3, -0.25) is 4.79 Å². The molecule has 0 saturated heterocycles. The molecular weight excluding hydrogens is 246 g/mol. The molecule has 0 saturated carbocycles. The molecule has 1 aromatic carbocycles. The zero-order chi connectivity index (χ0) is 12.8. The van der Waals surface area contributed by atoms with Gasteiger partial charge in [0.25, 0.3) is 5.91 Å². The van der Waals surface area contributed by atoms with Crippen LogP contribution >= 0.6 is 11.3 Å². The van der Waals surface area contributed by atoms with Crippen molar-refractivity contribution in [2.75, 3.05) is 6.61 Å². The molecule has 2 rings (SSSR count). The smallest absolute Gasteiger partial charge is 0.258 e. The molecule has 0 spiro atoms. The van der Waals surface area contributed by atoms with Gasteiger partial charge in [-0.25, -0.2) is 0 Å². The molecular formula is C14H15NO2S. The molecule has 94 valence electrons. The predicted octanol–water partition coefficient (Wildman–Crippen LogP) is 2.75. The van der Waals surface area contributed by atoms with Gasteiger partial charge >= 0.3 is 0 Å². The van der Waals surface area contributed by atoms with Crippen LogP contribution in [-0.2, 0) is 11.3 Å². The van der Waals surface area contributed by atoms with Gasteiger partial charge in [0, 0.05) is 9.75 Å². The van der Waals surface area contributed by atoms with Crippen LogP contribution in [-0.4, -0.2) is 12.5 Å². The maximum atomic E-state index is 11.6. The summed E-state index contributed by atoms with van der Waals surface area (Å²) in [5.74, 6) is 0.601. The van der Waals surface area contributed by atoms with Gasteiger partial charge in [0.2, 0.25) is 0 Å². The van der Waals surface area contributed by atoms with Crippen molar-refractivity contribution in [3.05, 3.63) is 52.2 Å². The summed E-state index contributed by atoms with van der Waals surface area (Å²) < 4.78 is 5.35. The quantitative estimate of drug-likeness (QED) is 0.898. The minimum absolute atomic E-state index is 0.0500. The Morgan fingerprint density at radius 3 is 2.67 bits per heavy atom. The van der Waals surface area contributed by atoms with Crippen molar-refractivity contribution in [3.63, 3.8) is 0 Å². The molecule has 0 atom stereocenters. The zero-order valence-electron chi connectivity index (χ0n) is 10.2. The van der Waals surface area contributed by atoms with Crippen molar-refractivity contribution >= 4 is 17.2 Å². The minimum atomic E-state index is -0.107. The number of carbonyl (C=O) groups excluding carboxylic acids is 1. The van der Waals surface area contributed by atoms with Gasteiger partial charge in [0.1, 0.15) is 5.75 Å². The SMILES string of the molecule is Cc1ccc(CNC(=O)COc2ccccc2)s1. The first kappa shape index (κ1) is 12.6. The van der Waals surface area contributed by atoms with Gasteiger partial charge in [-0.05, 0) is 31.2 Å². The standard InChI is InChI=1S/C14H15NO2S/c1-11-7-8-13(18-11)9-15-14(16)10-17-12-5-3-2-4-6-12/h2-8H,9-10H2,1H3,(H,15,16). The van der Waals surface area contributed by atoms with E-state index < -0.39 is 0 Å². The summed E-state index contributed by atoms with van der Waals surface area (Å²) >= 11 is 1.69. The van der Waals surface area contributed by atoms with E-state index in [1.165, 1.54) is 4.88 Å². The van der Waals surface area contributed by atoms with Crippen LogP contribution in [0.25, 0.3) is 0 Å². The lowest BCUT2D eigenvalue weighted by Crippen LogP contribution is -2.28. The van der Waals surface area contributed by atoms with E-state index in [-0.39, 0.29) is 12.5 Å². The largest absolute Gasteiger partial charge is 0.484 e. The Morgan fingerprint density at radius 2 is 2.00 bits per heavy atom. The van der Waals surface area contributed by atoms with Crippen molar-refractivity contribution in [1.29, 1.82) is 0 Å². The molecule has 2 aromatic rings. The monoisotopic (exact) mass is 261 g/mol. The van der Waals surface area contributed by atoms with Crippen LogP contribution in [0.4, 0.5) is 0 Å². The maximum Gasteiger partial charge on any atom is 0.258 e. The van der Waals surface area contributed by atoms with Gasteiger partial charge in [-0.15, -0.1) is 11.3 Å². The Hall–Kier alpha value is -1.81. The van der Waals surface area contributed by atoms with Crippen molar-refractivity contribution in [3.8, 4) is 5.75 Å². The second-order valence-electron chi connectivity index (χ2n) is 3.89. The Bertz CT molecular complexity index is 508. The summed E-state index contributed by atoms with van der Waals surface area (Å²) in [5.41, 5.74) is 0. The highest BCUT2D eigenvalue weighted by molar-refractivity contribution is 7.11. The highest BCUT2D eigenvalue weighted by Gasteiger charge is 2.03. The van der Waals surface area contributed by atoms with Crippen LogP contribution < -0.4 is 10.1 Å². The Labute approximate surface area is 110 Å². The van der Waals surface area contributed by atoms with E-state index in [4.69, 9.17) is 4.74 Å². The number of para-hydroxylation sites is 1. The minimum Gasteiger partial charge on any atom is -0.484 e. The molecule has 18 heavy (non-hydrogen) atoms. The molecule has 0 unspecified atom stereocenters. The fourth-order valence-corrected chi connectivity index (χ4v) is 2.31. The molecule has 0 aliphatic heterocycles. The first-order valence-electron chi connectivity index (χ1n) is 5.74. The average molecular weight is 261 g/mol. The number of hydrogen-bond acceptors (Lipinski definition) is 3. The predicted molar refractivity (Wildman–Crippen MR) is 72.8 cm³/mol. The van der Waals surface area contributed by atoms with Crippen LogP contribution in [0.1, 0.15) is 9.75 Å². The number of amides is 1. The number of rotatable bonds is 5. The van der Waals surface area contributed by atoms with Crippen molar-refractivity contribution in [1.82, 2.24) is 5.32 Å². The number of thiophene rings is 1. The molecule has 1 amide bonds. The summed E-state index contributed by atoms with van der Waals surface area (Å²) in [6, 6.07) is 13.4. The molecule has 0 aliphatic rings. The number of hydrogen-bond donors (Lipinski definition) is 1. The molecule has 1 N–H and O–H groups in total. The van der Waals surface area contributed by atoms with E-state index in [0.717, 1.165) is 4.88 Å². The van der Waals surface area contributed by atoms with Crippen LogP contribution in [0.5, 0.6) is 5.75 Å². The zero-order valence-corrected chi connectivity index (χ0v) is 11.0. The summed E-state index contributed by atoms with van der Waals surface area (Å²) in [6.07, 6.45) is 0. The lowest BCUT2D eigenvalue weighted by atomic mass is 10.3. The normalized spacial score (nSPS) is 10.1. The van der Waals surface area contributed by atoms with E-state index in [2.05, 4.69) is 12.2 Å². The number of aryl methyl sites for hydroxylation is 1. The highest BCUT2D eigenvalue weighted by Crippen LogP contribution is 2.14. The van der Waals surface area contributed by atoms with Crippen LogP contribution in [0.15, 0.2) is 42.5 Å². The second-order valence-corrected chi connectivity index (χ2v) is 5.26. The third kappa shape index (κ3) is 3.89. The van der Waals surface area contributed by atoms with E-state index in [1.54, 1.807) is 11.3 Å². The van der Waals surface area contributed by atoms with Crippen LogP contribution in [0.2, 0.25) is 0 Å². The molecule has 0 fully saturated rings. The third-order valence-corrected chi connectivity index (χ3v) is 3.37. The number of nitrogens with one attached hydrogen (secondary N) is 1. The average Bonchev–Trinajstić information content (AvgIpc) is 2.81. The summed E-state index contributed by atoms with van der Waals surface area (Å²) in [6.45, 7) is 2.67. The van der Waals surface area contributed by atoms with Gasteiger partial charge < -0.3 is 10.1 Å². The summed E-state index contributed by atoms with van der Waals surface area (Å²) in [7, 11) is 0. The number of benzene rings is 1. The molecule has 1 aromatic heterocycles. The molecule has 0 radical (unpaired) electrons. The van der Waals surface area contributed by atoms with E-state index in [1.807, 2.05) is 42.5 Å². The second kappa shape index (κ2) is 6.21. The van der Waals surface area contributed by atoms with Crippen molar-refractivity contribution in [2.45, 2.75) is 13.5 Å². The highest BCUT2D eigenvalue weighted by atomic mass is 32.1. The fourth-order valence-electron chi connectivity index (χ4n) is 1.48. The fraction of sp³-hybridized carbons (Fsp3) is 0.214. The number of carbonyl (C=O) groups is 1. The van der Waals surface area contributed by atoms with Crippen LogP contribution in [0, 0.1) is 6.92 Å². The Morgan fingerprint density at radius 1 is 1.22 bits per heavy atom. The maximum absolute atomic E-state index is 11.6. The van der Waals surface area contributed by atoms with Gasteiger partial charge in [0.15, 0.2) is 6.61 Å². The summed E-state index contributed by atoms with van der Waals surface area (Å²) in [4.78, 5) is 14.0. The number of ether oxygens (including phenoxy) is 1. The topological polar surface area (TPSA) is 38.3 Å². The first-order valence-corrected chi connectivity index (χ1v) is 6.55. The Balaban J connectivity index is 1.73. The molecule has 1 heterocycles. The lowest BCUT2D eigenvalue weighted by molar-refractivity contribution is -0.123. The lowest BCUT2D eigenvalue weighted by Gasteiger charge is -2.06. The van der Waals surface area contributed by atoms with Crippen LogP contribution in [0.3, 0.4) is 0 Å². The van der Waals surface area contributed by atoms with E-state index in [0.29, 0.717) is 12.3 Å². The Kier molecular flexibility index (Phi) is 4.36. The third-order valence-electron chi connectivity index (χ3n) is 2.37. The van der Waals surface area contributed by atoms with E-state index in [9.17, 15) is 4.79 Å². The van der Waals surface area contributed by atoms with E-state index >= 15 is 0 Å².